The fraction of sp³-hybridized carbons (Fsp3) is 0.588. The van der Waals surface area contributed by atoms with E-state index in [9.17, 15) is 4.79 Å². The first-order valence-corrected chi connectivity index (χ1v) is 7.68. The minimum atomic E-state index is -0.420. The van der Waals surface area contributed by atoms with Crippen LogP contribution in [0.2, 0.25) is 0 Å². The monoisotopic (exact) mass is 308 g/mol. The summed E-state index contributed by atoms with van der Waals surface area (Å²) in [4.78, 5) is 12.5. The minimum absolute atomic E-state index is 0.157. The van der Waals surface area contributed by atoms with Crippen LogP contribution in [0.1, 0.15) is 44.5 Å². The van der Waals surface area contributed by atoms with Gasteiger partial charge in [0.25, 0.3) is 5.91 Å². The van der Waals surface area contributed by atoms with Crippen LogP contribution < -0.4 is 20.5 Å². The summed E-state index contributed by atoms with van der Waals surface area (Å²) in [6, 6.07) is 5.17. The molecule has 1 aromatic rings. The van der Waals surface area contributed by atoms with Crippen LogP contribution in [0.15, 0.2) is 18.2 Å². The summed E-state index contributed by atoms with van der Waals surface area (Å²) in [6.45, 7) is 9.03. The van der Waals surface area contributed by atoms with Crippen molar-refractivity contribution in [3.05, 3.63) is 23.8 Å². The maximum Gasteiger partial charge on any atom is 0.251 e. The van der Waals surface area contributed by atoms with Crippen LogP contribution in [0.5, 0.6) is 11.5 Å². The molecule has 1 amide bonds. The van der Waals surface area contributed by atoms with Gasteiger partial charge in [0.2, 0.25) is 0 Å². The average molecular weight is 308 g/mol. The van der Waals surface area contributed by atoms with E-state index in [-0.39, 0.29) is 5.91 Å². The zero-order valence-corrected chi connectivity index (χ0v) is 14.2. The Hall–Kier alpha value is -1.75. The average Bonchev–Trinajstić information content (AvgIpc) is 2.46. The number of hydrogen-bond acceptors (Lipinski definition) is 4. The van der Waals surface area contributed by atoms with Crippen LogP contribution in [-0.4, -0.2) is 31.7 Å². The molecule has 0 bridgehead atoms. The van der Waals surface area contributed by atoms with Crippen LogP contribution in [0.3, 0.4) is 0 Å². The summed E-state index contributed by atoms with van der Waals surface area (Å²) < 4.78 is 10.7. The number of methoxy groups -OCH3 is 1. The first-order valence-electron chi connectivity index (χ1n) is 7.68. The van der Waals surface area contributed by atoms with Crippen LogP contribution in [-0.2, 0) is 0 Å². The highest BCUT2D eigenvalue weighted by Gasteiger charge is 2.26. The molecule has 0 spiro atoms. The van der Waals surface area contributed by atoms with Crippen molar-refractivity contribution < 1.29 is 14.3 Å². The molecule has 1 unspecified atom stereocenters. The van der Waals surface area contributed by atoms with Gasteiger partial charge in [-0.1, -0.05) is 13.8 Å². The molecule has 3 N–H and O–H groups in total. The summed E-state index contributed by atoms with van der Waals surface area (Å²) in [5, 5.41) is 3.03. The van der Waals surface area contributed by atoms with Gasteiger partial charge >= 0.3 is 0 Å². The van der Waals surface area contributed by atoms with Crippen molar-refractivity contribution in [3.8, 4) is 11.5 Å². The Kier molecular flexibility index (Phi) is 6.68. The Bertz CT molecular complexity index is 503. The van der Waals surface area contributed by atoms with Gasteiger partial charge in [0.05, 0.1) is 13.7 Å². The molecule has 0 radical (unpaired) electrons. The third kappa shape index (κ3) is 4.91. The van der Waals surface area contributed by atoms with E-state index in [0.717, 1.165) is 6.42 Å². The van der Waals surface area contributed by atoms with Crippen molar-refractivity contribution >= 4 is 5.91 Å². The Balaban J connectivity index is 2.93. The first kappa shape index (κ1) is 18.3. The van der Waals surface area contributed by atoms with Gasteiger partial charge in [-0.15, -0.1) is 0 Å². The molecule has 5 heteroatoms. The summed E-state index contributed by atoms with van der Waals surface area (Å²) in [6.07, 6.45) is 0.823. The van der Waals surface area contributed by atoms with Gasteiger partial charge in [0.1, 0.15) is 0 Å². The van der Waals surface area contributed by atoms with Gasteiger partial charge < -0.3 is 20.5 Å². The Labute approximate surface area is 133 Å². The highest BCUT2D eigenvalue weighted by atomic mass is 16.5. The molecular weight excluding hydrogens is 280 g/mol. The number of carbonyl (C=O) groups is 1. The quantitative estimate of drug-likeness (QED) is 0.774. The van der Waals surface area contributed by atoms with Gasteiger partial charge in [0.15, 0.2) is 11.5 Å². The number of nitrogens with one attached hydrogen (secondary N) is 1. The number of benzene rings is 1. The Morgan fingerprint density at radius 1 is 1.36 bits per heavy atom. The van der Waals surface area contributed by atoms with E-state index in [2.05, 4.69) is 19.2 Å². The van der Waals surface area contributed by atoms with Crippen LogP contribution in [0, 0.1) is 5.92 Å². The topological polar surface area (TPSA) is 73.6 Å². The second kappa shape index (κ2) is 8.03. The van der Waals surface area contributed by atoms with Crippen molar-refractivity contribution in [3.63, 3.8) is 0 Å². The lowest BCUT2D eigenvalue weighted by atomic mass is 9.90. The molecule has 1 rings (SSSR count). The van der Waals surface area contributed by atoms with E-state index < -0.39 is 5.54 Å². The van der Waals surface area contributed by atoms with E-state index in [1.165, 1.54) is 0 Å². The highest BCUT2D eigenvalue weighted by molar-refractivity contribution is 5.95. The van der Waals surface area contributed by atoms with Crippen molar-refractivity contribution in [1.29, 1.82) is 0 Å². The number of nitrogens with two attached hydrogens (primary N) is 1. The van der Waals surface area contributed by atoms with Gasteiger partial charge in [-0.3, -0.25) is 4.79 Å². The van der Waals surface area contributed by atoms with Crippen LogP contribution in [0.4, 0.5) is 0 Å². The molecule has 22 heavy (non-hydrogen) atoms. The molecule has 1 aromatic carbocycles. The maximum absolute atomic E-state index is 12.5. The number of amides is 1. The van der Waals surface area contributed by atoms with E-state index in [0.29, 0.717) is 36.1 Å². The summed E-state index contributed by atoms with van der Waals surface area (Å²) in [5.74, 6) is 1.47. The molecular formula is C17H28N2O3. The van der Waals surface area contributed by atoms with Gasteiger partial charge in [-0.05, 0) is 44.4 Å². The molecule has 1 atom stereocenters. The molecule has 0 aliphatic rings. The van der Waals surface area contributed by atoms with E-state index in [1.807, 2.05) is 13.8 Å². The minimum Gasteiger partial charge on any atom is -0.493 e. The SMILES string of the molecule is CCOc1ccc(C(=O)NC(C)(CN)CC(C)C)cc1OC. The largest absolute Gasteiger partial charge is 0.493 e. The predicted octanol–water partition coefficient (Wildman–Crippen LogP) is 2.59. The van der Waals surface area contributed by atoms with Crippen LogP contribution >= 0.6 is 0 Å². The predicted molar refractivity (Wildman–Crippen MR) is 88.5 cm³/mol. The second-order valence-corrected chi connectivity index (χ2v) is 6.12. The van der Waals surface area contributed by atoms with Crippen molar-refractivity contribution in [2.75, 3.05) is 20.3 Å². The number of carbonyl (C=O) groups excluding carboxylic acids is 1. The molecule has 0 fully saturated rings. The molecule has 0 saturated carbocycles. The molecule has 0 heterocycles. The zero-order chi connectivity index (χ0) is 16.8. The highest BCUT2D eigenvalue weighted by Crippen LogP contribution is 2.28. The van der Waals surface area contributed by atoms with Crippen LogP contribution in [0.25, 0.3) is 0 Å². The number of ether oxygens (including phenoxy) is 2. The molecule has 0 aliphatic carbocycles. The standard InChI is InChI=1S/C17H28N2O3/c1-6-22-14-8-7-13(9-15(14)21-5)16(20)19-17(4,11-18)10-12(2)3/h7-9,12H,6,10-11,18H2,1-5H3,(H,19,20). The lowest BCUT2D eigenvalue weighted by molar-refractivity contribution is 0.0898. The smallest absolute Gasteiger partial charge is 0.251 e. The zero-order valence-electron chi connectivity index (χ0n) is 14.2. The third-order valence-corrected chi connectivity index (χ3v) is 3.45. The lowest BCUT2D eigenvalue weighted by Crippen LogP contribution is -2.52. The molecule has 0 saturated heterocycles. The van der Waals surface area contributed by atoms with Gasteiger partial charge in [0, 0.05) is 17.6 Å². The molecule has 5 nitrogen and oxygen atoms in total. The molecule has 0 aliphatic heterocycles. The molecule has 124 valence electrons. The van der Waals surface area contributed by atoms with Crippen molar-refractivity contribution in [2.45, 2.75) is 39.7 Å². The molecule has 0 aromatic heterocycles. The summed E-state index contributed by atoms with van der Waals surface area (Å²) in [7, 11) is 1.56. The first-order chi connectivity index (χ1) is 10.3. The van der Waals surface area contributed by atoms with Gasteiger partial charge in [-0.2, -0.15) is 0 Å². The van der Waals surface area contributed by atoms with E-state index >= 15 is 0 Å². The third-order valence-electron chi connectivity index (χ3n) is 3.45. The summed E-state index contributed by atoms with van der Waals surface area (Å²) >= 11 is 0. The fourth-order valence-electron chi connectivity index (χ4n) is 2.52. The fourth-order valence-corrected chi connectivity index (χ4v) is 2.52. The van der Waals surface area contributed by atoms with E-state index in [4.69, 9.17) is 15.2 Å². The normalized spacial score (nSPS) is 13.6. The lowest BCUT2D eigenvalue weighted by Gasteiger charge is -2.31. The number of hydrogen-bond donors (Lipinski definition) is 2. The Morgan fingerprint density at radius 2 is 2.05 bits per heavy atom. The van der Waals surface area contributed by atoms with Crippen molar-refractivity contribution in [2.24, 2.45) is 11.7 Å². The van der Waals surface area contributed by atoms with Crippen molar-refractivity contribution in [1.82, 2.24) is 5.32 Å². The maximum atomic E-state index is 12.5. The summed E-state index contributed by atoms with van der Waals surface area (Å²) in [5.41, 5.74) is 5.95. The second-order valence-electron chi connectivity index (χ2n) is 6.12. The number of rotatable bonds is 8. The van der Waals surface area contributed by atoms with Gasteiger partial charge in [-0.25, -0.2) is 0 Å². The van der Waals surface area contributed by atoms with E-state index in [1.54, 1.807) is 25.3 Å². The Morgan fingerprint density at radius 3 is 2.55 bits per heavy atom.